The molecule has 0 unspecified atom stereocenters. The van der Waals surface area contributed by atoms with Gasteiger partial charge in [-0.1, -0.05) is 25.3 Å². The van der Waals surface area contributed by atoms with Gasteiger partial charge in [0, 0.05) is 48.5 Å². The monoisotopic (exact) mass is 447 g/mol. The molecule has 2 heterocycles. The normalized spacial score (nSPS) is 18.2. The van der Waals surface area contributed by atoms with Gasteiger partial charge in [-0.05, 0) is 31.7 Å². The Labute approximate surface area is 184 Å². The fourth-order valence-electron chi connectivity index (χ4n) is 4.47. The Morgan fingerprint density at radius 3 is 2.55 bits per heavy atom. The number of nitrogens with zero attached hydrogens (tertiary/aromatic N) is 2. The highest BCUT2D eigenvalue weighted by Gasteiger charge is 2.30. The lowest BCUT2D eigenvalue weighted by atomic mass is 9.87. The van der Waals surface area contributed by atoms with Crippen LogP contribution in [0.15, 0.2) is 23.6 Å². The Hall–Kier alpha value is -2.35. The van der Waals surface area contributed by atoms with E-state index in [1.807, 2.05) is 4.90 Å². The van der Waals surface area contributed by atoms with Gasteiger partial charge in [0.2, 0.25) is 5.91 Å². The molecule has 5 nitrogen and oxygen atoms in total. The summed E-state index contributed by atoms with van der Waals surface area (Å²) in [6.45, 7) is 1.45. The Morgan fingerprint density at radius 2 is 1.84 bits per heavy atom. The summed E-state index contributed by atoms with van der Waals surface area (Å²) in [5, 5.41) is 5.26. The summed E-state index contributed by atoms with van der Waals surface area (Å²) >= 11 is 1.45. The van der Waals surface area contributed by atoms with Gasteiger partial charge in [-0.3, -0.25) is 9.59 Å². The topological polar surface area (TPSA) is 62.3 Å². The molecule has 1 aliphatic heterocycles. The van der Waals surface area contributed by atoms with Gasteiger partial charge in [0.1, 0.15) is 17.3 Å². The van der Waals surface area contributed by atoms with Crippen LogP contribution < -0.4 is 5.32 Å². The van der Waals surface area contributed by atoms with Crippen molar-refractivity contribution in [3.05, 3.63) is 51.5 Å². The van der Waals surface area contributed by atoms with Crippen LogP contribution in [-0.2, 0) is 11.3 Å². The van der Waals surface area contributed by atoms with Crippen LogP contribution in [0.5, 0.6) is 0 Å². The Balaban J connectivity index is 1.28. The molecule has 0 atom stereocenters. The number of amides is 2. The number of nitrogens with one attached hydrogen (secondary N) is 1. The quantitative estimate of drug-likeness (QED) is 0.727. The van der Waals surface area contributed by atoms with Gasteiger partial charge >= 0.3 is 0 Å². The SMILES string of the molecule is O=C(NCc1ccc(F)cc1F)c1csc(C2CCN(C(=O)C3CCCCC3)CC2)n1. The second kappa shape index (κ2) is 9.85. The fraction of sp³-hybridized carbons (Fsp3) is 0.522. The summed E-state index contributed by atoms with van der Waals surface area (Å²) in [4.78, 5) is 31.6. The van der Waals surface area contributed by atoms with E-state index in [1.165, 1.54) is 23.8 Å². The van der Waals surface area contributed by atoms with Crippen LogP contribution in [0, 0.1) is 17.6 Å². The minimum Gasteiger partial charge on any atom is -0.346 e. The number of rotatable bonds is 5. The van der Waals surface area contributed by atoms with Crippen LogP contribution in [0.1, 0.15) is 71.9 Å². The van der Waals surface area contributed by atoms with E-state index in [-0.39, 0.29) is 29.9 Å². The molecule has 31 heavy (non-hydrogen) atoms. The van der Waals surface area contributed by atoms with Gasteiger partial charge in [-0.2, -0.15) is 0 Å². The number of carbonyl (C=O) groups is 2. The third-order valence-electron chi connectivity index (χ3n) is 6.32. The Morgan fingerprint density at radius 1 is 1.10 bits per heavy atom. The van der Waals surface area contributed by atoms with Crippen LogP contribution in [0.2, 0.25) is 0 Å². The number of halogens is 2. The van der Waals surface area contributed by atoms with Crippen molar-refractivity contribution in [2.45, 2.75) is 57.4 Å². The standard InChI is InChI=1S/C23H27F2N3O2S/c24-18-7-6-17(19(25)12-18)13-26-21(29)20-14-31-22(27-20)15-8-10-28(11-9-15)23(30)16-4-2-1-3-5-16/h6-7,12,14-16H,1-5,8-11,13H2,(H,26,29). The molecule has 0 radical (unpaired) electrons. The van der Waals surface area contributed by atoms with Crippen molar-refractivity contribution in [1.29, 1.82) is 0 Å². The lowest BCUT2D eigenvalue weighted by Gasteiger charge is -2.34. The highest BCUT2D eigenvalue weighted by atomic mass is 32.1. The molecular formula is C23H27F2N3O2S. The zero-order valence-electron chi connectivity index (χ0n) is 17.4. The largest absolute Gasteiger partial charge is 0.346 e. The highest BCUT2D eigenvalue weighted by Crippen LogP contribution is 2.32. The number of thiazole rings is 1. The summed E-state index contributed by atoms with van der Waals surface area (Å²) in [5.41, 5.74) is 0.531. The van der Waals surface area contributed by atoms with Crippen molar-refractivity contribution in [2.75, 3.05) is 13.1 Å². The van der Waals surface area contributed by atoms with Crippen molar-refractivity contribution in [2.24, 2.45) is 5.92 Å². The minimum absolute atomic E-state index is 0.0283. The molecule has 4 rings (SSSR count). The molecule has 1 saturated carbocycles. The molecule has 1 aromatic carbocycles. The maximum Gasteiger partial charge on any atom is 0.271 e. The van der Waals surface area contributed by atoms with E-state index in [0.717, 1.165) is 68.8 Å². The van der Waals surface area contributed by atoms with Crippen molar-refractivity contribution >= 4 is 23.2 Å². The summed E-state index contributed by atoms with van der Waals surface area (Å²) in [5.74, 6) is -0.957. The van der Waals surface area contributed by atoms with Gasteiger partial charge in [0.25, 0.3) is 5.91 Å². The lowest BCUT2D eigenvalue weighted by molar-refractivity contribution is -0.137. The molecule has 1 N–H and O–H groups in total. The molecule has 2 amide bonds. The highest BCUT2D eigenvalue weighted by molar-refractivity contribution is 7.09. The van der Waals surface area contributed by atoms with Crippen LogP contribution >= 0.6 is 11.3 Å². The molecule has 166 valence electrons. The van der Waals surface area contributed by atoms with E-state index in [0.29, 0.717) is 11.6 Å². The summed E-state index contributed by atoms with van der Waals surface area (Å²) in [6.07, 6.45) is 7.30. The van der Waals surface area contributed by atoms with E-state index in [2.05, 4.69) is 10.3 Å². The molecule has 1 aromatic heterocycles. The van der Waals surface area contributed by atoms with E-state index >= 15 is 0 Å². The average Bonchev–Trinajstić information content (AvgIpc) is 3.29. The number of piperidine rings is 1. The second-order valence-corrected chi connectivity index (χ2v) is 9.31. The summed E-state index contributed by atoms with van der Waals surface area (Å²) in [7, 11) is 0. The van der Waals surface area contributed by atoms with E-state index in [9.17, 15) is 18.4 Å². The number of benzene rings is 1. The second-order valence-electron chi connectivity index (χ2n) is 8.42. The van der Waals surface area contributed by atoms with E-state index < -0.39 is 11.6 Å². The minimum atomic E-state index is -0.686. The molecule has 8 heteroatoms. The molecule has 2 aliphatic rings. The number of hydrogen-bond acceptors (Lipinski definition) is 4. The molecule has 0 bridgehead atoms. The van der Waals surface area contributed by atoms with Crippen molar-refractivity contribution in [3.8, 4) is 0 Å². The van der Waals surface area contributed by atoms with Crippen molar-refractivity contribution in [3.63, 3.8) is 0 Å². The number of aromatic nitrogens is 1. The molecule has 0 spiro atoms. The fourth-order valence-corrected chi connectivity index (χ4v) is 5.44. The predicted octanol–water partition coefficient (Wildman–Crippen LogP) is 4.64. The predicted molar refractivity (Wildman–Crippen MR) is 115 cm³/mol. The summed E-state index contributed by atoms with van der Waals surface area (Å²) in [6, 6.07) is 3.28. The molecule has 1 aliphatic carbocycles. The van der Waals surface area contributed by atoms with E-state index in [1.54, 1.807) is 5.38 Å². The average molecular weight is 448 g/mol. The maximum absolute atomic E-state index is 13.7. The number of likely N-dealkylation sites (tertiary alicyclic amines) is 1. The zero-order valence-corrected chi connectivity index (χ0v) is 18.2. The van der Waals surface area contributed by atoms with Gasteiger partial charge in [0.15, 0.2) is 0 Å². The van der Waals surface area contributed by atoms with Crippen molar-refractivity contribution < 1.29 is 18.4 Å². The first kappa shape index (κ1) is 21.9. The van der Waals surface area contributed by atoms with Crippen LogP contribution in [0.4, 0.5) is 8.78 Å². The maximum atomic E-state index is 13.7. The van der Waals surface area contributed by atoms with Gasteiger partial charge < -0.3 is 10.2 Å². The lowest BCUT2D eigenvalue weighted by Crippen LogP contribution is -2.41. The van der Waals surface area contributed by atoms with Gasteiger partial charge in [-0.25, -0.2) is 13.8 Å². The van der Waals surface area contributed by atoms with Gasteiger partial charge in [-0.15, -0.1) is 11.3 Å². The Kier molecular flexibility index (Phi) is 6.95. The molecule has 2 aromatic rings. The third-order valence-corrected chi connectivity index (χ3v) is 7.33. The van der Waals surface area contributed by atoms with E-state index in [4.69, 9.17) is 0 Å². The molecular weight excluding hydrogens is 420 g/mol. The third kappa shape index (κ3) is 5.29. The number of hydrogen-bond donors (Lipinski definition) is 1. The molecule has 1 saturated heterocycles. The zero-order chi connectivity index (χ0) is 21.8. The first-order valence-corrected chi connectivity index (χ1v) is 11.9. The summed E-state index contributed by atoms with van der Waals surface area (Å²) < 4.78 is 26.7. The number of carbonyl (C=O) groups excluding carboxylic acids is 2. The Bertz CT molecular complexity index is 935. The first-order valence-electron chi connectivity index (χ1n) is 11.0. The van der Waals surface area contributed by atoms with Crippen LogP contribution in [0.3, 0.4) is 0 Å². The van der Waals surface area contributed by atoms with Crippen LogP contribution in [-0.4, -0.2) is 34.8 Å². The van der Waals surface area contributed by atoms with Crippen molar-refractivity contribution in [1.82, 2.24) is 15.2 Å². The smallest absolute Gasteiger partial charge is 0.271 e. The van der Waals surface area contributed by atoms with Crippen LogP contribution in [0.25, 0.3) is 0 Å². The molecule has 2 fully saturated rings. The van der Waals surface area contributed by atoms with Gasteiger partial charge in [0.05, 0.1) is 5.01 Å². The first-order chi connectivity index (χ1) is 15.0.